The Morgan fingerprint density at radius 3 is 2.61 bits per heavy atom. The normalized spacial score (nSPS) is 12.8. The zero-order valence-corrected chi connectivity index (χ0v) is 12.1. The van der Waals surface area contributed by atoms with Gasteiger partial charge in [-0.3, -0.25) is 9.69 Å². The van der Waals surface area contributed by atoms with Gasteiger partial charge in [-0.05, 0) is 27.4 Å². The number of aromatic nitrogens is 2. The molecule has 102 valence electrons. The van der Waals surface area contributed by atoms with Crippen LogP contribution in [0.15, 0.2) is 12.4 Å². The van der Waals surface area contributed by atoms with Crippen LogP contribution in [0.5, 0.6) is 0 Å². The van der Waals surface area contributed by atoms with E-state index < -0.39 is 0 Å². The molecular formula is C13H24N4O. The molecule has 1 aromatic heterocycles. The smallest absolute Gasteiger partial charge is 0.239 e. The molecule has 0 fully saturated rings. The summed E-state index contributed by atoms with van der Waals surface area (Å²) < 4.78 is 2.02. The summed E-state index contributed by atoms with van der Waals surface area (Å²) >= 11 is 0. The van der Waals surface area contributed by atoms with Crippen LogP contribution >= 0.6 is 0 Å². The Balaban J connectivity index is 2.35. The number of likely N-dealkylation sites (N-methyl/N-ethyl adjacent to an activating group) is 2. The fraction of sp³-hybridized carbons (Fsp3) is 0.692. The number of hydrogen-bond acceptors (Lipinski definition) is 3. The van der Waals surface area contributed by atoms with Crippen molar-refractivity contribution in [3.8, 4) is 0 Å². The molecule has 0 aliphatic rings. The number of amides is 1. The molecule has 5 nitrogen and oxygen atoms in total. The van der Waals surface area contributed by atoms with Gasteiger partial charge in [-0.15, -0.1) is 0 Å². The predicted octanol–water partition coefficient (Wildman–Crippen LogP) is 0.761. The van der Waals surface area contributed by atoms with Crippen LogP contribution in [0.25, 0.3) is 0 Å². The molecule has 1 rings (SSSR count). The van der Waals surface area contributed by atoms with Gasteiger partial charge < -0.3 is 9.47 Å². The zero-order valence-electron chi connectivity index (χ0n) is 12.1. The van der Waals surface area contributed by atoms with Crippen molar-refractivity contribution in [2.24, 2.45) is 7.05 Å². The van der Waals surface area contributed by atoms with E-state index >= 15 is 0 Å². The highest BCUT2D eigenvalue weighted by Gasteiger charge is 2.18. The quantitative estimate of drug-likeness (QED) is 0.750. The average Bonchev–Trinajstić information content (AvgIpc) is 2.73. The molecule has 0 bridgehead atoms. The van der Waals surface area contributed by atoms with Crippen LogP contribution in [0, 0.1) is 0 Å². The molecule has 0 unspecified atom stereocenters. The third-order valence-corrected chi connectivity index (χ3v) is 3.32. The first-order valence-corrected chi connectivity index (χ1v) is 6.31. The van der Waals surface area contributed by atoms with Crippen molar-refractivity contribution in [1.29, 1.82) is 0 Å². The number of hydrogen-bond donors (Lipinski definition) is 0. The summed E-state index contributed by atoms with van der Waals surface area (Å²) in [6.07, 6.45) is 5.58. The van der Waals surface area contributed by atoms with Gasteiger partial charge in [-0.25, -0.2) is 4.98 Å². The summed E-state index contributed by atoms with van der Waals surface area (Å²) in [6.45, 7) is 2.70. The molecule has 18 heavy (non-hydrogen) atoms. The lowest BCUT2D eigenvalue weighted by molar-refractivity contribution is -0.134. The van der Waals surface area contributed by atoms with Crippen LogP contribution in [-0.2, 0) is 18.3 Å². The monoisotopic (exact) mass is 252 g/mol. The van der Waals surface area contributed by atoms with Crippen LogP contribution in [0.1, 0.15) is 19.2 Å². The van der Waals surface area contributed by atoms with Gasteiger partial charge in [0, 0.05) is 39.5 Å². The molecule has 5 heteroatoms. The molecule has 0 aliphatic heterocycles. The Morgan fingerprint density at radius 2 is 2.11 bits per heavy atom. The van der Waals surface area contributed by atoms with Gasteiger partial charge in [0.2, 0.25) is 5.91 Å². The van der Waals surface area contributed by atoms with Crippen LogP contribution in [0.4, 0.5) is 0 Å². The third kappa shape index (κ3) is 3.84. The minimum atomic E-state index is -0.0665. The number of nitrogens with zero attached hydrogens (tertiary/aromatic N) is 4. The van der Waals surface area contributed by atoms with Gasteiger partial charge in [0.25, 0.3) is 0 Å². The highest BCUT2D eigenvalue weighted by Crippen LogP contribution is 2.03. The first-order chi connectivity index (χ1) is 8.43. The van der Waals surface area contributed by atoms with Crippen molar-refractivity contribution < 1.29 is 4.79 Å². The number of carbonyl (C=O) groups is 1. The molecule has 0 N–H and O–H groups in total. The van der Waals surface area contributed by atoms with E-state index in [1.807, 2.05) is 50.8 Å². The topological polar surface area (TPSA) is 41.4 Å². The maximum atomic E-state index is 12.0. The standard InChI is InChI=1S/C13H24N4O/c1-11(15(2)3)13(18)17(5)9-6-7-12-14-8-10-16(12)4/h8,10-11H,6-7,9H2,1-5H3/t11-/m0/s1. The lowest BCUT2D eigenvalue weighted by Gasteiger charge is -2.25. The number of aryl methyl sites for hydroxylation is 2. The Kier molecular flexibility index (Phi) is 5.34. The van der Waals surface area contributed by atoms with Crippen LogP contribution in [-0.4, -0.2) is 59.0 Å². The predicted molar refractivity (Wildman–Crippen MR) is 72.3 cm³/mol. The summed E-state index contributed by atoms with van der Waals surface area (Å²) in [5.74, 6) is 1.23. The van der Waals surface area contributed by atoms with Crippen molar-refractivity contribution in [3.63, 3.8) is 0 Å². The van der Waals surface area contributed by atoms with Crippen molar-refractivity contribution in [1.82, 2.24) is 19.4 Å². The molecule has 1 heterocycles. The zero-order chi connectivity index (χ0) is 13.7. The number of imidazole rings is 1. The van der Waals surface area contributed by atoms with Crippen LogP contribution in [0.2, 0.25) is 0 Å². The largest absolute Gasteiger partial charge is 0.344 e. The summed E-state index contributed by atoms with van der Waals surface area (Å²) in [6, 6.07) is -0.0665. The molecule has 1 amide bonds. The van der Waals surface area contributed by atoms with E-state index in [-0.39, 0.29) is 11.9 Å². The van der Waals surface area contributed by atoms with Gasteiger partial charge in [0.15, 0.2) is 0 Å². The highest BCUT2D eigenvalue weighted by molar-refractivity contribution is 5.81. The van der Waals surface area contributed by atoms with Crippen LogP contribution in [0.3, 0.4) is 0 Å². The van der Waals surface area contributed by atoms with E-state index in [4.69, 9.17) is 0 Å². The Bertz CT molecular complexity index is 386. The molecule has 0 aromatic carbocycles. The summed E-state index contributed by atoms with van der Waals surface area (Å²) in [7, 11) is 7.70. The van der Waals surface area contributed by atoms with E-state index in [9.17, 15) is 4.79 Å². The van der Waals surface area contributed by atoms with Crippen molar-refractivity contribution >= 4 is 5.91 Å². The van der Waals surface area contributed by atoms with Gasteiger partial charge in [0.05, 0.1) is 6.04 Å². The molecule has 1 aromatic rings. The van der Waals surface area contributed by atoms with Gasteiger partial charge in [-0.1, -0.05) is 0 Å². The molecule has 0 radical (unpaired) electrons. The van der Waals surface area contributed by atoms with Gasteiger partial charge in [0.1, 0.15) is 5.82 Å². The van der Waals surface area contributed by atoms with Crippen molar-refractivity contribution in [3.05, 3.63) is 18.2 Å². The van der Waals surface area contributed by atoms with Crippen molar-refractivity contribution in [2.75, 3.05) is 27.7 Å². The Labute approximate surface area is 109 Å². The van der Waals surface area contributed by atoms with Gasteiger partial charge >= 0.3 is 0 Å². The average molecular weight is 252 g/mol. The highest BCUT2D eigenvalue weighted by atomic mass is 16.2. The fourth-order valence-corrected chi connectivity index (χ4v) is 1.76. The first-order valence-electron chi connectivity index (χ1n) is 6.31. The third-order valence-electron chi connectivity index (χ3n) is 3.32. The molecule has 0 saturated carbocycles. The summed E-state index contributed by atoms with van der Waals surface area (Å²) in [5.41, 5.74) is 0. The maximum Gasteiger partial charge on any atom is 0.239 e. The minimum absolute atomic E-state index is 0.0665. The lowest BCUT2D eigenvalue weighted by Crippen LogP contribution is -2.42. The van der Waals surface area contributed by atoms with E-state index in [0.29, 0.717) is 0 Å². The van der Waals surface area contributed by atoms with Crippen molar-refractivity contribution in [2.45, 2.75) is 25.8 Å². The lowest BCUT2D eigenvalue weighted by atomic mass is 10.2. The van der Waals surface area contributed by atoms with E-state index in [0.717, 1.165) is 25.2 Å². The summed E-state index contributed by atoms with van der Waals surface area (Å²) in [5, 5.41) is 0. The second-order valence-corrected chi connectivity index (χ2v) is 4.96. The van der Waals surface area contributed by atoms with E-state index in [1.54, 1.807) is 11.1 Å². The van der Waals surface area contributed by atoms with Gasteiger partial charge in [-0.2, -0.15) is 0 Å². The molecule has 0 aliphatic carbocycles. The van der Waals surface area contributed by atoms with E-state index in [2.05, 4.69) is 4.98 Å². The fourth-order valence-electron chi connectivity index (χ4n) is 1.76. The minimum Gasteiger partial charge on any atom is -0.344 e. The first kappa shape index (κ1) is 14.7. The Hall–Kier alpha value is -1.36. The van der Waals surface area contributed by atoms with Crippen LogP contribution < -0.4 is 0 Å². The second-order valence-electron chi connectivity index (χ2n) is 4.96. The van der Waals surface area contributed by atoms with E-state index in [1.165, 1.54) is 0 Å². The molecule has 1 atom stereocenters. The Morgan fingerprint density at radius 1 is 1.44 bits per heavy atom. The maximum absolute atomic E-state index is 12.0. The SMILES string of the molecule is C[C@@H](C(=O)N(C)CCCc1nccn1C)N(C)C. The molecular weight excluding hydrogens is 228 g/mol. The molecule has 0 spiro atoms. The number of carbonyl (C=O) groups excluding carboxylic acids is 1. The summed E-state index contributed by atoms with van der Waals surface area (Å²) in [4.78, 5) is 20.0. The second kappa shape index (κ2) is 6.54. The number of rotatable bonds is 6. The molecule has 0 saturated heterocycles.